The molecule has 0 aliphatic heterocycles. The van der Waals surface area contributed by atoms with Gasteiger partial charge in [0, 0.05) is 13.6 Å². The van der Waals surface area contributed by atoms with Crippen LogP contribution in [0.15, 0.2) is 18.2 Å². The van der Waals surface area contributed by atoms with Gasteiger partial charge in [-0.1, -0.05) is 17.7 Å². The fraction of sp³-hybridized carbons (Fsp3) is 0.333. The summed E-state index contributed by atoms with van der Waals surface area (Å²) in [5.41, 5.74) is 6.26. The van der Waals surface area contributed by atoms with E-state index < -0.39 is 0 Å². The Kier molecular flexibility index (Phi) is 4.97. The molecule has 1 aromatic rings. The molecule has 0 aliphatic rings. The van der Waals surface area contributed by atoms with Gasteiger partial charge in [-0.15, -0.1) is 0 Å². The zero-order valence-electron chi connectivity index (χ0n) is 10.4. The number of carbonyl (C=O) groups excluding carboxylic acids is 2. The molecule has 0 saturated heterocycles. The number of likely N-dealkylation sites (N-methyl/N-ethyl adjacent to an activating group) is 2. The summed E-state index contributed by atoms with van der Waals surface area (Å²) < 4.78 is 0. The summed E-state index contributed by atoms with van der Waals surface area (Å²) >= 11 is 5.84. The number of anilines is 1. The average molecular weight is 270 g/mol. The molecule has 0 atom stereocenters. The number of amides is 2. The van der Waals surface area contributed by atoms with Gasteiger partial charge in [0.15, 0.2) is 0 Å². The maximum Gasteiger partial charge on any atom is 0.256 e. The van der Waals surface area contributed by atoms with Crippen molar-refractivity contribution in [1.82, 2.24) is 10.2 Å². The van der Waals surface area contributed by atoms with Crippen molar-refractivity contribution in [2.75, 3.05) is 25.9 Å². The molecule has 0 aliphatic carbocycles. The van der Waals surface area contributed by atoms with Gasteiger partial charge in [-0.25, -0.2) is 0 Å². The third-order valence-electron chi connectivity index (χ3n) is 2.38. The molecule has 0 radical (unpaired) electrons. The van der Waals surface area contributed by atoms with Gasteiger partial charge in [0.1, 0.15) is 0 Å². The first-order valence-electron chi connectivity index (χ1n) is 5.53. The number of hydrogen-bond acceptors (Lipinski definition) is 3. The van der Waals surface area contributed by atoms with Gasteiger partial charge in [0.05, 0.1) is 22.8 Å². The van der Waals surface area contributed by atoms with Crippen molar-refractivity contribution in [2.24, 2.45) is 0 Å². The van der Waals surface area contributed by atoms with Gasteiger partial charge in [0.2, 0.25) is 5.91 Å². The molecule has 1 aromatic carbocycles. The standard InChI is InChI=1S/C12H16ClN3O2/c1-3-15-10(17)7-16(2)12(18)8-5-4-6-9(13)11(8)14/h4-6H,3,7,14H2,1-2H3,(H,15,17). The van der Waals surface area contributed by atoms with E-state index in [-0.39, 0.29) is 24.0 Å². The second-order valence-electron chi connectivity index (χ2n) is 3.82. The highest BCUT2D eigenvalue weighted by Crippen LogP contribution is 2.23. The van der Waals surface area contributed by atoms with E-state index >= 15 is 0 Å². The lowest BCUT2D eigenvalue weighted by molar-refractivity contribution is -0.121. The summed E-state index contributed by atoms with van der Waals surface area (Å²) in [5, 5.41) is 2.94. The summed E-state index contributed by atoms with van der Waals surface area (Å²) in [6, 6.07) is 4.83. The van der Waals surface area contributed by atoms with Crippen LogP contribution in [0, 0.1) is 0 Å². The summed E-state index contributed by atoms with van der Waals surface area (Å²) in [4.78, 5) is 24.7. The first kappa shape index (κ1) is 14.3. The van der Waals surface area contributed by atoms with Crippen molar-refractivity contribution in [1.29, 1.82) is 0 Å². The molecular formula is C12H16ClN3O2. The Morgan fingerprint density at radius 1 is 1.44 bits per heavy atom. The first-order valence-corrected chi connectivity index (χ1v) is 5.91. The fourth-order valence-corrected chi connectivity index (χ4v) is 1.64. The molecule has 1 rings (SSSR count). The lowest BCUT2D eigenvalue weighted by Crippen LogP contribution is -2.38. The molecule has 2 amide bonds. The van der Waals surface area contributed by atoms with Crippen molar-refractivity contribution >= 4 is 29.1 Å². The summed E-state index contributed by atoms with van der Waals surface area (Å²) in [7, 11) is 1.54. The first-order chi connectivity index (χ1) is 8.47. The molecule has 6 heteroatoms. The molecule has 0 heterocycles. The van der Waals surface area contributed by atoms with Gasteiger partial charge in [-0.3, -0.25) is 9.59 Å². The molecule has 0 fully saturated rings. The number of nitrogens with one attached hydrogen (secondary N) is 1. The normalized spacial score (nSPS) is 9.94. The maximum absolute atomic E-state index is 12.1. The predicted molar refractivity (Wildman–Crippen MR) is 71.5 cm³/mol. The van der Waals surface area contributed by atoms with E-state index in [4.69, 9.17) is 17.3 Å². The van der Waals surface area contributed by atoms with Crippen molar-refractivity contribution in [3.05, 3.63) is 28.8 Å². The van der Waals surface area contributed by atoms with E-state index in [1.807, 2.05) is 6.92 Å². The van der Waals surface area contributed by atoms with E-state index in [0.29, 0.717) is 17.1 Å². The highest BCUT2D eigenvalue weighted by atomic mass is 35.5. The summed E-state index contributed by atoms with van der Waals surface area (Å²) in [5.74, 6) is -0.546. The molecule has 18 heavy (non-hydrogen) atoms. The molecule has 5 nitrogen and oxygen atoms in total. The van der Waals surface area contributed by atoms with Crippen molar-refractivity contribution < 1.29 is 9.59 Å². The monoisotopic (exact) mass is 269 g/mol. The van der Waals surface area contributed by atoms with E-state index in [0.717, 1.165) is 0 Å². The van der Waals surface area contributed by atoms with Crippen LogP contribution in [0.5, 0.6) is 0 Å². The highest BCUT2D eigenvalue weighted by molar-refractivity contribution is 6.33. The van der Waals surface area contributed by atoms with Crippen LogP contribution in [0.25, 0.3) is 0 Å². The number of nitrogens with two attached hydrogens (primary N) is 1. The summed E-state index contributed by atoms with van der Waals surface area (Å²) in [6.07, 6.45) is 0. The SMILES string of the molecule is CCNC(=O)CN(C)C(=O)c1cccc(Cl)c1N. The van der Waals surface area contributed by atoms with Crippen LogP contribution in [0.4, 0.5) is 5.69 Å². The number of rotatable bonds is 4. The van der Waals surface area contributed by atoms with Gasteiger partial charge in [0.25, 0.3) is 5.91 Å². The Morgan fingerprint density at radius 3 is 2.72 bits per heavy atom. The number of hydrogen-bond donors (Lipinski definition) is 2. The van der Waals surface area contributed by atoms with Gasteiger partial charge in [-0.2, -0.15) is 0 Å². The van der Waals surface area contributed by atoms with Gasteiger partial charge < -0.3 is 16.0 Å². The smallest absolute Gasteiger partial charge is 0.256 e. The number of halogens is 1. The van der Waals surface area contributed by atoms with Crippen molar-refractivity contribution in [3.63, 3.8) is 0 Å². The van der Waals surface area contributed by atoms with E-state index in [1.54, 1.807) is 18.2 Å². The second kappa shape index (κ2) is 6.26. The maximum atomic E-state index is 12.1. The van der Waals surface area contributed by atoms with Crippen molar-refractivity contribution in [2.45, 2.75) is 6.92 Å². The van der Waals surface area contributed by atoms with E-state index in [1.165, 1.54) is 11.9 Å². The number of nitrogen functional groups attached to an aromatic ring is 1. The van der Waals surface area contributed by atoms with Crippen LogP contribution in [0.2, 0.25) is 5.02 Å². The summed E-state index contributed by atoms with van der Waals surface area (Å²) in [6.45, 7) is 2.33. The Hall–Kier alpha value is -1.75. The molecule has 0 spiro atoms. The number of carbonyl (C=O) groups is 2. The molecule has 0 unspecified atom stereocenters. The number of para-hydroxylation sites is 1. The van der Waals surface area contributed by atoms with E-state index in [9.17, 15) is 9.59 Å². The minimum atomic E-state index is -0.332. The minimum absolute atomic E-state index is 0.0153. The Morgan fingerprint density at radius 2 is 2.11 bits per heavy atom. The average Bonchev–Trinajstić information content (AvgIpc) is 2.32. The Labute approximate surface area is 111 Å². The third-order valence-corrected chi connectivity index (χ3v) is 2.71. The minimum Gasteiger partial charge on any atom is -0.397 e. The molecular weight excluding hydrogens is 254 g/mol. The molecule has 0 aromatic heterocycles. The van der Waals surface area contributed by atoms with Gasteiger partial charge in [-0.05, 0) is 19.1 Å². The van der Waals surface area contributed by atoms with Crippen LogP contribution in [-0.4, -0.2) is 36.9 Å². The Balaban J connectivity index is 2.81. The van der Waals surface area contributed by atoms with Gasteiger partial charge >= 0.3 is 0 Å². The Bertz CT molecular complexity index is 463. The fourth-order valence-electron chi connectivity index (χ4n) is 1.47. The zero-order valence-corrected chi connectivity index (χ0v) is 11.1. The van der Waals surface area contributed by atoms with Crippen LogP contribution in [0.1, 0.15) is 17.3 Å². The molecule has 0 bridgehead atoms. The molecule has 3 N–H and O–H groups in total. The predicted octanol–water partition coefficient (Wildman–Crippen LogP) is 1.13. The van der Waals surface area contributed by atoms with E-state index in [2.05, 4.69) is 5.32 Å². The van der Waals surface area contributed by atoms with Crippen LogP contribution >= 0.6 is 11.6 Å². The quantitative estimate of drug-likeness (QED) is 0.805. The lowest BCUT2D eigenvalue weighted by Gasteiger charge is -2.17. The lowest BCUT2D eigenvalue weighted by atomic mass is 10.1. The zero-order chi connectivity index (χ0) is 13.7. The van der Waals surface area contributed by atoms with Crippen molar-refractivity contribution in [3.8, 4) is 0 Å². The largest absolute Gasteiger partial charge is 0.397 e. The number of nitrogens with zero attached hydrogens (tertiary/aromatic N) is 1. The molecule has 98 valence electrons. The number of benzene rings is 1. The second-order valence-corrected chi connectivity index (χ2v) is 4.22. The van der Waals surface area contributed by atoms with Crippen LogP contribution in [0.3, 0.4) is 0 Å². The highest BCUT2D eigenvalue weighted by Gasteiger charge is 2.17. The van der Waals surface area contributed by atoms with Crippen LogP contribution in [-0.2, 0) is 4.79 Å². The van der Waals surface area contributed by atoms with Crippen LogP contribution < -0.4 is 11.1 Å². The molecule has 0 saturated carbocycles. The topological polar surface area (TPSA) is 75.4 Å². The third kappa shape index (κ3) is 3.37.